The lowest BCUT2D eigenvalue weighted by atomic mass is 9.84. The maximum Gasteiger partial charge on any atom is -0.00195 e. The van der Waals surface area contributed by atoms with Gasteiger partial charge >= 0.3 is 0 Å². The van der Waals surface area contributed by atoms with Crippen molar-refractivity contribution in [2.45, 2.75) is 26.7 Å². The maximum absolute atomic E-state index is 2.40. The van der Waals surface area contributed by atoms with Gasteiger partial charge in [0, 0.05) is 0 Å². The average molecular weight is 411 g/mol. The van der Waals surface area contributed by atoms with Gasteiger partial charge in [-0.25, -0.2) is 0 Å². The minimum absolute atomic E-state index is 0.964. The molecule has 0 aliphatic carbocycles. The topological polar surface area (TPSA) is 0 Å². The second-order valence-corrected chi connectivity index (χ2v) is 9.10. The zero-order valence-electron chi connectivity index (χ0n) is 18.7. The molecule has 0 aliphatic heterocycles. The number of aryl methyl sites for hydroxylation is 2. The van der Waals surface area contributed by atoms with Crippen molar-refractivity contribution in [2.75, 3.05) is 0 Å². The van der Waals surface area contributed by atoms with Crippen molar-refractivity contribution in [3.05, 3.63) is 130 Å². The highest BCUT2D eigenvalue weighted by molar-refractivity contribution is 6.25. The summed E-state index contributed by atoms with van der Waals surface area (Å²) in [5, 5.41) is 8.41. The third-order valence-electron chi connectivity index (χ3n) is 6.96. The van der Waals surface area contributed by atoms with E-state index >= 15 is 0 Å². The zero-order chi connectivity index (χ0) is 21.7. The van der Waals surface area contributed by atoms with Crippen molar-refractivity contribution in [2.24, 2.45) is 0 Å². The normalized spacial score (nSPS) is 11.7. The van der Waals surface area contributed by atoms with Crippen LogP contribution in [0.3, 0.4) is 0 Å². The van der Waals surface area contributed by atoms with E-state index in [1.807, 2.05) is 0 Å². The summed E-state index contributed by atoms with van der Waals surface area (Å²) in [5.41, 5.74) is 8.29. The van der Waals surface area contributed by atoms with E-state index < -0.39 is 0 Å². The number of hydrogen-bond donors (Lipinski definition) is 0. The molecule has 6 rings (SSSR count). The first-order valence-electron chi connectivity index (χ1n) is 11.5. The second-order valence-electron chi connectivity index (χ2n) is 9.10. The van der Waals surface area contributed by atoms with E-state index in [2.05, 4.69) is 111 Å². The fourth-order valence-electron chi connectivity index (χ4n) is 5.45. The van der Waals surface area contributed by atoms with Crippen LogP contribution in [-0.4, -0.2) is 0 Å². The van der Waals surface area contributed by atoms with E-state index in [1.165, 1.54) is 65.7 Å². The molecule has 0 aliphatic rings. The number of rotatable bonds is 4. The van der Waals surface area contributed by atoms with Crippen LogP contribution in [0, 0.1) is 13.8 Å². The summed E-state index contributed by atoms with van der Waals surface area (Å²) in [6.07, 6.45) is 1.93. The molecular weight excluding hydrogens is 384 g/mol. The number of hydrogen-bond acceptors (Lipinski definition) is 0. The molecular formula is C32H26. The van der Waals surface area contributed by atoms with Crippen LogP contribution in [0.1, 0.15) is 33.4 Å². The van der Waals surface area contributed by atoms with Crippen molar-refractivity contribution in [1.29, 1.82) is 0 Å². The van der Waals surface area contributed by atoms with Gasteiger partial charge in [-0.3, -0.25) is 0 Å². The van der Waals surface area contributed by atoms with Crippen LogP contribution in [0.25, 0.3) is 32.3 Å². The van der Waals surface area contributed by atoms with Crippen molar-refractivity contribution < 1.29 is 0 Å². The van der Waals surface area contributed by atoms with E-state index in [0.717, 1.165) is 12.8 Å². The predicted octanol–water partition coefficient (Wildman–Crippen LogP) is 8.38. The molecule has 0 bridgehead atoms. The van der Waals surface area contributed by atoms with E-state index in [1.54, 1.807) is 0 Å². The van der Waals surface area contributed by atoms with Gasteiger partial charge in [0.1, 0.15) is 0 Å². The summed E-state index contributed by atoms with van der Waals surface area (Å²) in [6, 6.07) is 35.8. The van der Waals surface area contributed by atoms with Gasteiger partial charge in [0.2, 0.25) is 0 Å². The Bertz CT molecular complexity index is 1440. The van der Waals surface area contributed by atoms with E-state index in [0.29, 0.717) is 0 Å². The second kappa shape index (κ2) is 7.50. The highest BCUT2D eigenvalue weighted by Crippen LogP contribution is 2.41. The fraction of sp³-hybridized carbons (Fsp3) is 0.125. The first kappa shape index (κ1) is 19.1. The van der Waals surface area contributed by atoms with Gasteiger partial charge < -0.3 is 0 Å². The van der Waals surface area contributed by atoms with Crippen molar-refractivity contribution >= 4 is 32.3 Å². The fourth-order valence-corrected chi connectivity index (χ4v) is 5.45. The standard InChI is InChI=1S/C32H26/c1-21-17-25(19-23-9-5-3-6-10-23)29-15-16-30-26(20-24-11-7-4-8-12-24)18-22(2)28-14-13-27(21)31(29)32(28)30/h3-18H,19-20H2,1-2H3. The molecule has 0 radical (unpaired) electrons. The van der Waals surface area contributed by atoms with Gasteiger partial charge in [-0.05, 0) is 92.4 Å². The van der Waals surface area contributed by atoms with Gasteiger partial charge in [0.25, 0.3) is 0 Å². The Morgan fingerprint density at radius 3 is 1.22 bits per heavy atom. The van der Waals surface area contributed by atoms with Gasteiger partial charge in [-0.1, -0.05) is 97.1 Å². The summed E-state index contributed by atoms with van der Waals surface area (Å²) in [4.78, 5) is 0. The molecule has 0 nitrogen and oxygen atoms in total. The Morgan fingerprint density at radius 2 is 0.812 bits per heavy atom. The van der Waals surface area contributed by atoms with Crippen LogP contribution >= 0.6 is 0 Å². The predicted molar refractivity (Wildman–Crippen MR) is 138 cm³/mol. The summed E-state index contributed by atoms with van der Waals surface area (Å²) in [5.74, 6) is 0. The molecule has 0 heteroatoms. The van der Waals surface area contributed by atoms with Gasteiger partial charge in [-0.15, -0.1) is 0 Å². The SMILES string of the molecule is Cc1cc(Cc2ccccc2)c2ccc3c(Cc4ccccc4)cc(C)c4ccc1c2c43. The molecule has 0 spiro atoms. The molecule has 0 aromatic heterocycles. The highest BCUT2D eigenvalue weighted by atomic mass is 14.2. The highest BCUT2D eigenvalue weighted by Gasteiger charge is 2.16. The van der Waals surface area contributed by atoms with Crippen LogP contribution < -0.4 is 0 Å². The van der Waals surface area contributed by atoms with Crippen LogP contribution in [0.4, 0.5) is 0 Å². The Kier molecular flexibility index (Phi) is 4.47. The smallest absolute Gasteiger partial charge is 0.00195 e. The molecule has 0 atom stereocenters. The molecule has 0 amide bonds. The quantitative estimate of drug-likeness (QED) is 0.256. The minimum Gasteiger partial charge on any atom is -0.0622 e. The first-order chi connectivity index (χ1) is 15.7. The summed E-state index contributed by atoms with van der Waals surface area (Å²) < 4.78 is 0. The minimum atomic E-state index is 0.964. The average Bonchev–Trinajstić information content (AvgIpc) is 2.82. The molecule has 0 unspecified atom stereocenters. The van der Waals surface area contributed by atoms with Crippen LogP contribution in [-0.2, 0) is 12.8 Å². The Morgan fingerprint density at radius 1 is 0.438 bits per heavy atom. The van der Waals surface area contributed by atoms with Crippen LogP contribution in [0.5, 0.6) is 0 Å². The van der Waals surface area contributed by atoms with Gasteiger partial charge in [-0.2, -0.15) is 0 Å². The molecule has 0 fully saturated rings. The first-order valence-corrected chi connectivity index (χ1v) is 11.5. The van der Waals surface area contributed by atoms with Crippen molar-refractivity contribution in [1.82, 2.24) is 0 Å². The third kappa shape index (κ3) is 3.07. The molecule has 0 heterocycles. The van der Waals surface area contributed by atoms with Crippen molar-refractivity contribution in [3.63, 3.8) is 0 Å². The molecule has 32 heavy (non-hydrogen) atoms. The molecule has 0 saturated carbocycles. The summed E-state index contributed by atoms with van der Waals surface area (Å²) in [6.45, 7) is 4.52. The lowest BCUT2D eigenvalue weighted by Gasteiger charge is -2.19. The van der Waals surface area contributed by atoms with Crippen LogP contribution in [0.15, 0.2) is 97.1 Å². The molecule has 154 valence electrons. The molecule has 0 N–H and O–H groups in total. The molecule has 6 aromatic rings. The lowest BCUT2D eigenvalue weighted by Crippen LogP contribution is -1.97. The molecule has 0 saturated heterocycles. The third-order valence-corrected chi connectivity index (χ3v) is 6.96. The molecule has 6 aromatic carbocycles. The Balaban J connectivity index is 1.64. The van der Waals surface area contributed by atoms with Crippen LogP contribution in [0.2, 0.25) is 0 Å². The van der Waals surface area contributed by atoms with E-state index in [-0.39, 0.29) is 0 Å². The summed E-state index contributed by atoms with van der Waals surface area (Å²) in [7, 11) is 0. The van der Waals surface area contributed by atoms with Gasteiger partial charge in [0.15, 0.2) is 0 Å². The van der Waals surface area contributed by atoms with E-state index in [4.69, 9.17) is 0 Å². The summed E-state index contributed by atoms with van der Waals surface area (Å²) >= 11 is 0. The number of benzene rings is 6. The Hall–Kier alpha value is -3.64. The van der Waals surface area contributed by atoms with Crippen molar-refractivity contribution in [3.8, 4) is 0 Å². The van der Waals surface area contributed by atoms with Gasteiger partial charge in [0.05, 0.1) is 0 Å². The lowest BCUT2D eigenvalue weighted by molar-refractivity contribution is 1.20. The zero-order valence-corrected chi connectivity index (χ0v) is 18.7. The largest absolute Gasteiger partial charge is 0.0622 e. The maximum atomic E-state index is 2.40. The monoisotopic (exact) mass is 410 g/mol. The van der Waals surface area contributed by atoms with E-state index in [9.17, 15) is 0 Å². The Labute approximate surface area is 189 Å².